The van der Waals surface area contributed by atoms with Gasteiger partial charge in [-0.15, -0.1) is 0 Å². The van der Waals surface area contributed by atoms with Gasteiger partial charge in [-0.05, 0) is 31.2 Å². The molecule has 1 aromatic rings. The first-order valence-corrected chi connectivity index (χ1v) is 6.11. The Balaban J connectivity index is 2.43. The van der Waals surface area contributed by atoms with Crippen LogP contribution in [0, 0.1) is 0 Å². The Morgan fingerprint density at radius 1 is 1.15 bits per heavy atom. The van der Waals surface area contributed by atoms with E-state index in [4.69, 9.17) is 11.6 Å². The van der Waals surface area contributed by atoms with E-state index in [1.165, 1.54) is 12.1 Å². The van der Waals surface area contributed by atoms with Crippen molar-refractivity contribution in [2.75, 3.05) is 6.61 Å². The first-order chi connectivity index (χ1) is 9.52. The monoisotopic (exact) mass is 296 g/mol. The van der Waals surface area contributed by atoms with Crippen molar-refractivity contribution in [1.29, 1.82) is 0 Å². The SMILES string of the molecule is CCOC(=O)/C=C/C(=O)NNC(=O)c1ccc(Cl)cc1. The Kier molecular flexibility index (Phi) is 6.25. The van der Waals surface area contributed by atoms with Gasteiger partial charge in [0.2, 0.25) is 0 Å². The molecule has 1 rings (SSSR count). The van der Waals surface area contributed by atoms with E-state index in [1.807, 2.05) is 0 Å². The molecule has 0 bridgehead atoms. The Labute approximate surface area is 120 Å². The predicted molar refractivity (Wildman–Crippen MR) is 72.8 cm³/mol. The quantitative estimate of drug-likeness (QED) is 0.497. The number of nitrogens with one attached hydrogen (secondary N) is 2. The molecule has 2 N–H and O–H groups in total. The number of esters is 1. The molecule has 2 amide bonds. The van der Waals surface area contributed by atoms with Crippen molar-refractivity contribution in [3.05, 3.63) is 47.0 Å². The Bertz CT molecular complexity index is 526. The van der Waals surface area contributed by atoms with Gasteiger partial charge in [0.15, 0.2) is 0 Å². The first-order valence-electron chi connectivity index (χ1n) is 5.73. The average molecular weight is 297 g/mol. The molecule has 0 heterocycles. The third-order valence-electron chi connectivity index (χ3n) is 2.06. The molecular formula is C13H13ClN2O4. The smallest absolute Gasteiger partial charge is 0.330 e. The molecule has 0 saturated heterocycles. The van der Waals surface area contributed by atoms with Crippen LogP contribution in [0.1, 0.15) is 17.3 Å². The third-order valence-corrected chi connectivity index (χ3v) is 2.32. The van der Waals surface area contributed by atoms with Crippen LogP contribution in [0.5, 0.6) is 0 Å². The van der Waals surface area contributed by atoms with Gasteiger partial charge in [-0.2, -0.15) is 0 Å². The minimum Gasteiger partial charge on any atom is -0.463 e. The first kappa shape index (κ1) is 15.7. The van der Waals surface area contributed by atoms with E-state index in [1.54, 1.807) is 19.1 Å². The summed E-state index contributed by atoms with van der Waals surface area (Å²) in [4.78, 5) is 33.9. The van der Waals surface area contributed by atoms with Crippen molar-refractivity contribution < 1.29 is 19.1 Å². The van der Waals surface area contributed by atoms with Crippen LogP contribution in [0.4, 0.5) is 0 Å². The number of halogens is 1. The molecule has 1 aromatic carbocycles. The lowest BCUT2D eigenvalue weighted by Gasteiger charge is -2.05. The summed E-state index contributed by atoms with van der Waals surface area (Å²) in [5, 5.41) is 0.503. The Morgan fingerprint density at radius 3 is 2.40 bits per heavy atom. The standard InChI is InChI=1S/C13H13ClN2O4/c1-2-20-12(18)8-7-11(17)15-16-13(19)9-3-5-10(14)6-4-9/h3-8H,2H2,1H3,(H,15,17)(H,16,19)/b8-7+. The summed E-state index contributed by atoms with van der Waals surface area (Å²) in [6.45, 7) is 1.87. The molecule has 0 aliphatic heterocycles. The summed E-state index contributed by atoms with van der Waals surface area (Å²) in [5.74, 6) is -1.79. The number of hydrogen-bond donors (Lipinski definition) is 2. The van der Waals surface area contributed by atoms with Gasteiger partial charge in [-0.1, -0.05) is 11.6 Å². The van der Waals surface area contributed by atoms with Crippen LogP contribution in [0.25, 0.3) is 0 Å². The zero-order valence-electron chi connectivity index (χ0n) is 10.7. The second-order valence-electron chi connectivity index (χ2n) is 3.54. The topological polar surface area (TPSA) is 84.5 Å². The van der Waals surface area contributed by atoms with Crippen LogP contribution in [0.2, 0.25) is 5.02 Å². The minimum atomic E-state index is -0.652. The predicted octanol–water partition coefficient (Wildman–Crippen LogP) is 1.22. The number of carbonyl (C=O) groups is 3. The minimum absolute atomic E-state index is 0.220. The fraction of sp³-hybridized carbons (Fsp3) is 0.154. The second kappa shape index (κ2) is 7.96. The Hall–Kier alpha value is -2.34. The van der Waals surface area contributed by atoms with E-state index in [0.717, 1.165) is 12.2 Å². The molecule has 0 aromatic heterocycles. The Morgan fingerprint density at radius 2 is 1.80 bits per heavy atom. The largest absolute Gasteiger partial charge is 0.463 e. The van der Waals surface area contributed by atoms with E-state index < -0.39 is 17.8 Å². The number of hydrazine groups is 1. The maximum atomic E-state index is 11.6. The molecule has 6 nitrogen and oxygen atoms in total. The van der Waals surface area contributed by atoms with E-state index in [-0.39, 0.29) is 6.61 Å². The highest BCUT2D eigenvalue weighted by Crippen LogP contribution is 2.08. The molecule has 0 radical (unpaired) electrons. The second-order valence-corrected chi connectivity index (χ2v) is 3.97. The number of benzene rings is 1. The summed E-state index contributed by atoms with van der Waals surface area (Å²) in [7, 11) is 0. The number of amides is 2. The van der Waals surface area contributed by atoms with Gasteiger partial charge in [0.25, 0.3) is 11.8 Å². The molecule has 0 spiro atoms. The van der Waals surface area contributed by atoms with Gasteiger partial charge in [0.1, 0.15) is 0 Å². The summed E-state index contributed by atoms with van der Waals surface area (Å²) < 4.78 is 4.59. The van der Waals surface area contributed by atoms with E-state index >= 15 is 0 Å². The molecule has 20 heavy (non-hydrogen) atoms. The van der Waals surface area contributed by atoms with Crippen LogP contribution in [-0.2, 0) is 14.3 Å². The number of rotatable bonds is 4. The molecule has 0 aliphatic carbocycles. The van der Waals surface area contributed by atoms with Crippen LogP contribution >= 0.6 is 11.6 Å². The van der Waals surface area contributed by atoms with E-state index in [2.05, 4.69) is 15.6 Å². The van der Waals surface area contributed by atoms with Crippen molar-refractivity contribution in [1.82, 2.24) is 10.9 Å². The molecule has 0 unspecified atom stereocenters. The van der Waals surface area contributed by atoms with Gasteiger partial charge in [0, 0.05) is 22.7 Å². The third kappa shape index (κ3) is 5.53. The molecule has 0 fully saturated rings. The lowest BCUT2D eigenvalue weighted by molar-refractivity contribution is -0.137. The van der Waals surface area contributed by atoms with Crippen molar-refractivity contribution >= 4 is 29.4 Å². The fourth-order valence-electron chi connectivity index (χ4n) is 1.17. The van der Waals surface area contributed by atoms with Gasteiger partial charge >= 0.3 is 5.97 Å². The lowest BCUT2D eigenvalue weighted by Crippen LogP contribution is -2.40. The highest BCUT2D eigenvalue weighted by atomic mass is 35.5. The van der Waals surface area contributed by atoms with Crippen LogP contribution < -0.4 is 10.9 Å². The highest BCUT2D eigenvalue weighted by molar-refractivity contribution is 6.30. The summed E-state index contributed by atoms with van der Waals surface area (Å²) in [6, 6.07) is 6.13. The maximum absolute atomic E-state index is 11.6. The van der Waals surface area contributed by atoms with Gasteiger partial charge in [-0.25, -0.2) is 4.79 Å². The van der Waals surface area contributed by atoms with Crippen LogP contribution in [0.3, 0.4) is 0 Å². The molecule has 0 atom stereocenters. The fourth-order valence-corrected chi connectivity index (χ4v) is 1.29. The molecule has 106 valence electrons. The van der Waals surface area contributed by atoms with E-state index in [0.29, 0.717) is 10.6 Å². The lowest BCUT2D eigenvalue weighted by atomic mass is 10.2. The molecule has 0 aliphatic rings. The number of hydrogen-bond acceptors (Lipinski definition) is 4. The van der Waals surface area contributed by atoms with Crippen molar-refractivity contribution in [3.63, 3.8) is 0 Å². The van der Waals surface area contributed by atoms with Gasteiger partial charge in [-0.3, -0.25) is 20.4 Å². The molecule has 0 saturated carbocycles. The van der Waals surface area contributed by atoms with Crippen LogP contribution in [-0.4, -0.2) is 24.4 Å². The number of carbonyl (C=O) groups excluding carboxylic acids is 3. The normalized spacial score (nSPS) is 10.1. The summed E-state index contributed by atoms with van der Waals surface area (Å²) >= 11 is 5.69. The number of ether oxygens (including phenoxy) is 1. The molecule has 7 heteroatoms. The highest BCUT2D eigenvalue weighted by Gasteiger charge is 2.05. The average Bonchev–Trinajstić information content (AvgIpc) is 2.43. The summed E-state index contributed by atoms with van der Waals surface area (Å²) in [5.41, 5.74) is 4.65. The summed E-state index contributed by atoms with van der Waals surface area (Å²) in [6.07, 6.45) is 1.92. The van der Waals surface area contributed by atoms with Crippen LogP contribution in [0.15, 0.2) is 36.4 Å². The maximum Gasteiger partial charge on any atom is 0.330 e. The zero-order valence-corrected chi connectivity index (χ0v) is 11.4. The zero-order chi connectivity index (χ0) is 15.0. The van der Waals surface area contributed by atoms with Crippen molar-refractivity contribution in [2.24, 2.45) is 0 Å². The van der Waals surface area contributed by atoms with Gasteiger partial charge in [0.05, 0.1) is 6.61 Å². The van der Waals surface area contributed by atoms with E-state index in [9.17, 15) is 14.4 Å². The molecular weight excluding hydrogens is 284 g/mol. The van der Waals surface area contributed by atoms with Gasteiger partial charge < -0.3 is 4.74 Å². The van der Waals surface area contributed by atoms with Crippen molar-refractivity contribution in [2.45, 2.75) is 6.92 Å². The van der Waals surface area contributed by atoms with Crippen molar-refractivity contribution in [3.8, 4) is 0 Å².